The summed E-state index contributed by atoms with van der Waals surface area (Å²) in [5.74, 6) is -0.644. The van der Waals surface area contributed by atoms with E-state index in [1.807, 2.05) is 0 Å². The fourth-order valence-corrected chi connectivity index (χ4v) is 3.42. The van der Waals surface area contributed by atoms with Crippen LogP contribution in [-0.4, -0.2) is 64.6 Å². The van der Waals surface area contributed by atoms with Crippen molar-refractivity contribution in [3.63, 3.8) is 0 Å². The van der Waals surface area contributed by atoms with Crippen molar-refractivity contribution in [2.75, 3.05) is 31.6 Å². The quantitative estimate of drug-likeness (QED) is 0.617. The van der Waals surface area contributed by atoms with E-state index in [-0.39, 0.29) is 49.8 Å². The molecule has 2 aromatic rings. The van der Waals surface area contributed by atoms with Crippen LogP contribution >= 0.6 is 0 Å². The minimum atomic E-state index is -5.12. The van der Waals surface area contributed by atoms with Crippen molar-refractivity contribution in [2.24, 2.45) is 0 Å². The second-order valence-corrected chi connectivity index (χ2v) is 7.90. The molecule has 1 aliphatic rings. The molecule has 13 heteroatoms. The summed E-state index contributed by atoms with van der Waals surface area (Å²) in [5.41, 5.74) is -4.23. The number of anilines is 1. The van der Waals surface area contributed by atoms with Crippen LogP contribution in [0.5, 0.6) is 0 Å². The van der Waals surface area contributed by atoms with E-state index in [2.05, 4.69) is 15.5 Å². The Balaban J connectivity index is 2.12. The Morgan fingerprint density at radius 2 is 1.91 bits per heavy atom. The molecule has 1 saturated heterocycles. The van der Waals surface area contributed by atoms with Gasteiger partial charge in [-0.1, -0.05) is 6.07 Å². The summed E-state index contributed by atoms with van der Waals surface area (Å²) in [6.07, 6.45) is -10.9. The van der Waals surface area contributed by atoms with Crippen LogP contribution in [0.3, 0.4) is 0 Å². The second-order valence-electron chi connectivity index (χ2n) is 7.90. The lowest BCUT2D eigenvalue weighted by Crippen LogP contribution is -2.47. The molecule has 0 saturated carbocycles. The average Bonchev–Trinajstić information content (AvgIpc) is 2.76. The van der Waals surface area contributed by atoms with Crippen molar-refractivity contribution in [2.45, 2.75) is 38.3 Å². The lowest BCUT2D eigenvalue weighted by atomic mass is 9.99. The van der Waals surface area contributed by atoms with E-state index in [1.54, 1.807) is 6.92 Å². The number of morpholine rings is 1. The number of amides is 1. The number of aliphatic hydroxyl groups is 1. The number of hydrogen-bond acceptors (Lipinski definition) is 6. The third kappa shape index (κ3) is 5.76. The number of ether oxygens (including phenoxy) is 1. The molecule has 2 atom stereocenters. The molecule has 2 N–H and O–H groups in total. The van der Waals surface area contributed by atoms with Gasteiger partial charge in [0.15, 0.2) is 5.82 Å². The molecule has 0 unspecified atom stereocenters. The Morgan fingerprint density at radius 3 is 2.50 bits per heavy atom. The average molecular weight is 492 g/mol. The Labute approximate surface area is 190 Å². The summed E-state index contributed by atoms with van der Waals surface area (Å²) in [6.45, 7) is 3.91. The maximum atomic E-state index is 13.6. The highest BCUT2D eigenvalue weighted by molar-refractivity contribution is 6.00. The van der Waals surface area contributed by atoms with Gasteiger partial charge in [0, 0.05) is 18.7 Å². The van der Waals surface area contributed by atoms with Gasteiger partial charge in [0.25, 0.3) is 5.91 Å². The maximum Gasteiger partial charge on any atom is 0.417 e. The number of rotatable bonds is 5. The van der Waals surface area contributed by atoms with Crippen LogP contribution in [0.25, 0.3) is 11.3 Å². The van der Waals surface area contributed by atoms with Gasteiger partial charge >= 0.3 is 12.4 Å². The van der Waals surface area contributed by atoms with Gasteiger partial charge in [0.2, 0.25) is 0 Å². The van der Waals surface area contributed by atoms with Crippen molar-refractivity contribution in [1.82, 2.24) is 15.1 Å². The van der Waals surface area contributed by atoms with Crippen molar-refractivity contribution in [3.05, 3.63) is 41.0 Å². The van der Waals surface area contributed by atoms with Gasteiger partial charge in [0.1, 0.15) is 0 Å². The van der Waals surface area contributed by atoms with Crippen LogP contribution < -0.4 is 5.32 Å². The standard InChI is InChI=1S/C21H22F6N4O3/c1-11-10-34-6-5-31(11)19(33)15-8-17(29-30-18(15)28-9-12(2)32)14-4-3-13(20(22,23)24)7-16(14)21(25,26)27/h3-4,7-8,11-12,32H,5-6,9-10H2,1-2H3,(H,28,30)/t11-,12-/m1/s1. The summed E-state index contributed by atoms with van der Waals surface area (Å²) in [4.78, 5) is 14.7. The van der Waals surface area contributed by atoms with Crippen LogP contribution in [-0.2, 0) is 17.1 Å². The third-order valence-electron chi connectivity index (χ3n) is 5.15. The maximum absolute atomic E-state index is 13.6. The molecule has 34 heavy (non-hydrogen) atoms. The largest absolute Gasteiger partial charge is 0.417 e. The lowest BCUT2D eigenvalue weighted by Gasteiger charge is -2.33. The smallest absolute Gasteiger partial charge is 0.392 e. The first kappa shape index (κ1) is 25.7. The van der Waals surface area contributed by atoms with Crippen molar-refractivity contribution < 1.29 is 41.0 Å². The van der Waals surface area contributed by atoms with E-state index >= 15 is 0 Å². The first-order chi connectivity index (χ1) is 15.8. The SMILES string of the molecule is C[C@@H]1COCCN1C(=O)c1cc(-c2ccc(C(F)(F)F)cc2C(F)(F)F)nnc1NC[C@@H](C)O. The first-order valence-corrected chi connectivity index (χ1v) is 10.3. The predicted octanol–water partition coefficient (Wildman–Crippen LogP) is 3.83. The predicted molar refractivity (Wildman–Crippen MR) is 109 cm³/mol. The molecule has 1 aromatic heterocycles. The molecule has 0 spiro atoms. The number of aliphatic hydroxyl groups excluding tert-OH is 1. The van der Waals surface area contributed by atoms with Gasteiger partial charge < -0.3 is 20.1 Å². The van der Waals surface area contributed by atoms with E-state index in [0.29, 0.717) is 12.1 Å². The van der Waals surface area contributed by atoms with Gasteiger partial charge in [0.05, 0.1) is 47.7 Å². The number of benzene rings is 1. The number of nitrogens with zero attached hydrogens (tertiary/aromatic N) is 3. The monoisotopic (exact) mass is 492 g/mol. The van der Waals surface area contributed by atoms with Gasteiger partial charge in [-0.05, 0) is 32.0 Å². The van der Waals surface area contributed by atoms with Gasteiger partial charge in [-0.3, -0.25) is 4.79 Å². The zero-order valence-electron chi connectivity index (χ0n) is 18.2. The molecule has 0 aliphatic carbocycles. The summed E-state index contributed by atoms with van der Waals surface area (Å²) < 4.78 is 85.3. The normalized spacial score (nSPS) is 18.0. The Kier molecular flexibility index (Phi) is 7.36. The zero-order valence-corrected chi connectivity index (χ0v) is 18.2. The zero-order chi connectivity index (χ0) is 25.3. The highest BCUT2D eigenvalue weighted by atomic mass is 19.4. The molecule has 0 bridgehead atoms. The minimum absolute atomic E-state index is 0.00214. The number of hydrogen-bond donors (Lipinski definition) is 2. The van der Waals surface area contributed by atoms with Crippen LogP contribution in [0.15, 0.2) is 24.3 Å². The molecule has 1 aliphatic heterocycles. The summed E-state index contributed by atoms with van der Waals surface area (Å²) in [5, 5.41) is 19.8. The van der Waals surface area contributed by atoms with Gasteiger partial charge in [-0.25, -0.2) is 0 Å². The van der Waals surface area contributed by atoms with E-state index in [9.17, 15) is 36.2 Å². The number of alkyl halides is 6. The van der Waals surface area contributed by atoms with Gasteiger partial charge in [-0.15, -0.1) is 10.2 Å². The molecule has 1 aromatic carbocycles. The summed E-state index contributed by atoms with van der Waals surface area (Å²) >= 11 is 0. The molecule has 186 valence electrons. The first-order valence-electron chi connectivity index (χ1n) is 10.3. The molecule has 1 amide bonds. The number of aromatic nitrogens is 2. The lowest BCUT2D eigenvalue weighted by molar-refractivity contribution is -0.142. The molecule has 1 fully saturated rings. The van der Waals surface area contributed by atoms with Crippen LogP contribution in [0, 0.1) is 0 Å². The molecular weight excluding hydrogens is 470 g/mol. The molecular formula is C21H22F6N4O3. The van der Waals surface area contributed by atoms with Crippen LogP contribution in [0.4, 0.5) is 32.2 Å². The second kappa shape index (κ2) is 9.74. The highest BCUT2D eigenvalue weighted by Gasteiger charge is 2.39. The third-order valence-corrected chi connectivity index (χ3v) is 5.15. The van der Waals surface area contributed by atoms with Crippen molar-refractivity contribution >= 4 is 11.7 Å². The highest BCUT2D eigenvalue weighted by Crippen LogP contribution is 2.40. The minimum Gasteiger partial charge on any atom is -0.392 e. The molecule has 0 radical (unpaired) electrons. The Morgan fingerprint density at radius 1 is 1.21 bits per heavy atom. The number of carbonyl (C=O) groups is 1. The van der Waals surface area contributed by atoms with Gasteiger partial charge in [-0.2, -0.15) is 26.3 Å². The van der Waals surface area contributed by atoms with E-state index in [0.717, 1.165) is 6.07 Å². The number of carbonyl (C=O) groups excluding carboxylic acids is 1. The molecule has 2 heterocycles. The van der Waals surface area contributed by atoms with E-state index < -0.39 is 46.7 Å². The van der Waals surface area contributed by atoms with E-state index in [1.165, 1.54) is 11.8 Å². The fourth-order valence-electron chi connectivity index (χ4n) is 3.42. The summed E-state index contributed by atoms with van der Waals surface area (Å²) in [6, 6.07) is 1.89. The van der Waals surface area contributed by atoms with Crippen molar-refractivity contribution in [1.29, 1.82) is 0 Å². The molecule has 3 rings (SSSR count). The Bertz CT molecular complexity index is 1040. The van der Waals surface area contributed by atoms with Crippen LogP contribution in [0.2, 0.25) is 0 Å². The summed E-state index contributed by atoms with van der Waals surface area (Å²) in [7, 11) is 0. The van der Waals surface area contributed by atoms with Crippen LogP contribution in [0.1, 0.15) is 35.3 Å². The van der Waals surface area contributed by atoms with E-state index in [4.69, 9.17) is 4.74 Å². The fraction of sp³-hybridized carbons (Fsp3) is 0.476. The number of halogens is 6. The molecule has 7 nitrogen and oxygen atoms in total. The Hall–Kier alpha value is -2.93. The van der Waals surface area contributed by atoms with Crippen molar-refractivity contribution in [3.8, 4) is 11.3 Å². The number of nitrogens with one attached hydrogen (secondary N) is 1. The topological polar surface area (TPSA) is 87.6 Å².